The van der Waals surface area contributed by atoms with Crippen molar-refractivity contribution in [2.45, 2.75) is 0 Å². The summed E-state index contributed by atoms with van der Waals surface area (Å²) in [7, 11) is 0. The van der Waals surface area contributed by atoms with Crippen molar-refractivity contribution in [1.82, 2.24) is 15.1 Å². The number of amides is 1. The van der Waals surface area contributed by atoms with Crippen molar-refractivity contribution in [2.24, 2.45) is 0 Å². The Labute approximate surface area is 177 Å². The molecule has 7 nitrogen and oxygen atoms in total. The molecule has 2 N–H and O–H groups in total. The van der Waals surface area contributed by atoms with Gasteiger partial charge in [-0.05, 0) is 30.3 Å². The predicted molar refractivity (Wildman–Crippen MR) is 117 cm³/mol. The highest BCUT2D eigenvalue weighted by molar-refractivity contribution is 6.07. The van der Waals surface area contributed by atoms with Crippen LogP contribution in [0.15, 0.2) is 89.7 Å². The summed E-state index contributed by atoms with van der Waals surface area (Å²) in [5, 5.41) is 17.2. The summed E-state index contributed by atoms with van der Waals surface area (Å²) in [6.45, 7) is 0. The Morgan fingerprint density at radius 1 is 0.871 bits per heavy atom. The van der Waals surface area contributed by atoms with E-state index in [0.717, 1.165) is 10.9 Å². The molecule has 0 fully saturated rings. The zero-order valence-corrected chi connectivity index (χ0v) is 16.2. The van der Waals surface area contributed by atoms with E-state index < -0.39 is 0 Å². The minimum absolute atomic E-state index is 0.137. The second-order valence-electron chi connectivity index (χ2n) is 6.91. The highest BCUT2D eigenvalue weighted by Gasteiger charge is 2.14. The predicted octanol–water partition coefficient (Wildman–Crippen LogP) is 4.91. The topological polar surface area (TPSA) is 101 Å². The van der Waals surface area contributed by atoms with E-state index >= 15 is 0 Å². The minimum atomic E-state index is -0.296. The second kappa shape index (κ2) is 7.72. The fraction of sp³-hybridized carbons (Fsp3) is 0. The number of benzene rings is 3. The minimum Gasteiger partial charge on any atom is -0.508 e. The molecule has 0 spiro atoms. The number of aromatic nitrogens is 3. The van der Waals surface area contributed by atoms with Crippen LogP contribution in [0.3, 0.4) is 0 Å². The third kappa shape index (κ3) is 3.72. The molecule has 0 aliphatic heterocycles. The van der Waals surface area contributed by atoms with E-state index in [4.69, 9.17) is 4.52 Å². The number of aromatic hydroxyl groups is 1. The van der Waals surface area contributed by atoms with Crippen LogP contribution in [-0.2, 0) is 0 Å². The molecule has 1 amide bonds. The Balaban J connectivity index is 1.39. The van der Waals surface area contributed by atoms with Gasteiger partial charge in [0.15, 0.2) is 11.6 Å². The number of nitrogens with one attached hydrogen (secondary N) is 1. The molecule has 0 unspecified atom stereocenters. The first kappa shape index (κ1) is 18.5. The van der Waals surface area contributed by atoms with Crippen LogP contribution < -0.4 is 5.32 Å². The molecule has 2 heterocycles. The largest absolute Gasteiger partial charge is 0.508 e. The van der Waals surface area contributed by atoms with Gasteiger partial charge >= 0.3 is 0 Å². The van der Waals surface area contributed by atoms with Crippen LogP contribution in [0.4, 0.5) is 5.69 Å². The maximum Gasteiger partial charge on any atom is 0.255 e. The Hall–Kier alpha value is -4.52. The van der Waals surface area contributed by atoms with Crippen LogP contribution in [0.1, 0.15) is 10.4 Å². The fourth-order valence-corrected chi connectivity index (χ4v) is 3.27. The summed E-state index contributed by atoms with van der Waals surface area (Å²) in [6, 6.07) is 21.5. The van der Waals surface area contributed by atoms with Crippen molar-refractivity contribution < 1.29 is 14.4 Å². The molecule has 0 saturated heterocycles. The average Bonchev–Trinajstić information content (AvgIpc) is 3.23. The van der Waals surface area contributed by atoms with E-state index in [1.807, 2.05) is 30.3 Å². The molecule has 0 radical (unpaired) electrons. The number of phenolic OH excluding ortho intramolecular Hbond substituents is 1. The number of rotatable bonds is 4. The molecular weight excluding hydrogens is 392 g/mol. The number of hydrogen-bond donors (Lipinski definition) is 2. The van der Waals surface area contributed by atoms with Crippen molar-refractivity contribution >= 4 is 22.5 Å². The van der Waals surface area contributed by atoms with Gasteiger partial charge in [0, 0.05) is 16.7 Å². The normalized spacial score (nSPS) is 10.8. The standard InChI is InChI=1S/C24H16N4O3/c29-19-8-4-7-16(11-19)23-25-13-18(14-26-23)27-24(30)17-9-10-21-20(12-17)22(31-28-21)15-5-2-1-3-6-15/h1-14,29H,(H,27,30). The third-order valence-corrected chi connectivity index (χ3v) is 4.79. The van der Waals surface area contributed by atoms with E-state index in [1.165, 1.54) is 12.4 Å². The maximum atomic E-state index is 12.8. The van der Waals surface area contributed by atoms with Crippen molar-refractivity contribution in [2.75, 3.05) is 5.32 Å². The molecule has 0 saturated carbocycles. The van der Waals surface area contributed by atoms with Gasteiger partial charge in [0.1, 0.15) is 11.3 Å². The fourth-order valence-electron chi connectivity index (χ4n) is 3.27. The molecule has 0 bridgehead atoms. The quantitative estimate of drug-likeness (QED) is 0.438. The molecule has 0 aliphatic rings. The first-order valence-corrected chi connectivity index (χ1v) is 9.55. The first-order valence-electron chi connectivity index (χ1n) is 9.55. The molecule has 2 aromatic heterocycles. The van der Waals surface area contributed by atoms with Crippen molar-refractivity contribution in [3.8, 4) is 28.5 Å². The number of carbonyl (C=O) groups is 1. The van der Waals surface area contributed by atoms with Crippen LogP contribution in [0, 0.1) is 0 Å². The lowest BCUT2D eigenvalue weighted by Gasteiger charge is -2.06. The van der Waals surface area contributed by atoms with Crippen LogP contribution in [0.5, 0.6) is 5.75 Å². The molecule has 5 aromatic rings. The number of anilines is 1. The lowest BCUT2D eigenvalue weighted by molar-refractivity contribution is 0.102. The molecule has 3 aromatic carbocycles. The summed E-state index contributed by atoms with van der Waals surface area (Å²) >= 11 is 0. The lowest BCUT2D eigenvalue weighted by Crippen LogP contribution is -2.12. The van der Waals surface area contributed by atoms with Crippen molar-refractivity contribution in [3.05, 3.63) is 90.8 Å². The first-order chi connectivity index (χ1) is 15.2. The summed E-state index contributed by atoms with van der Waals surface area (Å²) in [5.74, 6) is 0.907. The van der Waals surface area contributed by atoms with Crippen molar-refractivity contribution in [3.63, 3.8) is 0 Å². The zero-order valence-electron chi connectivity index (χ0n) is 16.2. The molecule has 7 heteroatoms. The number of carbonyl (C=O) groups excluding carboxylic acids is 1. The van der Waals surface area contributed by atoms with E-state index in [1.54, 1.807) is 42.5 Å². The van der Waals surface area contributed by atoms with Gasteiger partial charge in [0.05, 0.1) is 23.5 Å². The van der Waals surface area contributed by atoms with E-state index in [-0.39, 0.29) is 11.7 Å². The van der Waals surface area contributed by atoms with Gasteiger partial charge in [-0.1, -0.05) is 47.6 Å². The summed E-state index contributed by atoms with van der Waals surface area (Å²) in [6.07, 6.45) is 3.05. The Morgan fingerprint density at radius 3 is 2.42 bits per heavy atom. The highest BCUT2D eigenvalue weighted by atomic mass is 16.5. The Morgan fingerprint density at radius 2 is 1.65 bits per heavy atom. The van der Waals surface area contributed by atoms with Gasteiger partial charge in [0.25, 0.3) is 5.91 Å². The average molecular weight is 408 g/mol. The molecule has 150 valence electrons. The molecule has 5 rings (SSSR count). The molecule has 0 aliphatic carbocycles. The zero-order chi connectivity index (χ0) is 21.2. The molecular formula is C24H16N4O3. The Kier molecular flexibility index (Phi) is 4.61. The van der Waals surface area contributed by atoms with Gasteiger partial charge in [-0.15, -0.1) is 0 Å². The van der Waals surface area contributed by atoms with Gasteiger partial charge in [-0.25, -0.2) is 9.97 Å². The SMILES string of the molecule is O=C(Nc1cnc(-c2cccc(O)c2)nc1)c1ccc2noc(-c3ccccc3)c2c1. The number of fused-ring (bicyclic) bond motifs is 1. The van der Waals surface area contributed by atoms with E-state index in [9.17, 15) is 9.90 Å². The number of hydrogen-bond acceptors (Lipinski definition) is 6. The van der Waals surface area contributed by atoms with Crippen LogP contribution in [0.2, 0.25) is 0 Å². The lowest BCUT2D eigenvalue weighted by atomic mass is 10.1. The number of nitrogens with zero attached hydrogens (tertiary/aromatic N) is 3. The van der Waals surface area contributed by atoms with Crippen LogP contribution in [0.25, 0.3) is 33.6 Å². The highest BCUT2D eigenvalue weighted by Crippen LogP contribution is 2.29. The Bertz CT molecular complexity index is 1380. The third-order valence-electron chi connectivity index (χ3n) is 4.79. The van der Waals surface area contributed by atoms with Gasteiger partial charge in [0.2, 0.25) is 0 Å². The maximum absolute atomic E-state index is 12.8. The van der Waals surface area contributed by atoms with Gasteiger partial charge in [-0.2, -0.15) is 0 Å². The van der Waals surface area contributed by atoms with Crippen LogP contribution >= 0.6 is 0 Å². The molecule has 0 atom stereocenters. The second-order valence-corrected chi connectivity index (χ2v) is 6.91. The monoisotopic (exact) mass is 408 g/mol. The summed E-state index contributed by atoms with van der Waals surface area (Å²) in [5.41, 5.74) is 3.17. The van der Waals surface area contributed by atoms with Crippen molar-refractivity contribution in [1.29, 1.82) is 0 Å². The van der Waals surface area contributed by atoms with Crippen LogP contribution in [-0.4, -0.2) is 26.1 Å². The van der Waals surface area contributed by atoms with Gasteiger partial charge < -0.3 is 14.9 Å². The summed E-state index contributed by atoms with van der Waals surface area (Å²) in [4.78, 5) is 21.3. The molecule has 31 heavy (non-hydrogen) atoms. The smallest absolute Gasteiger partial charge is 0.255 e. The van der Waals surface area contributed by atoms with Gasteiger partial charge in [-0.3, -0.25) is 4.79 Å². The van der Waals surface area contributed by atoms with E-state index in [2.05, 4.69) is 20.4 Å². The summed E-state index contributed by atoms with van der Waals surface area (Å²) < 4.78 is 5.50. The van der Waals surface area contributed by atoms with E-state index in [0.29, 0.717) is 33.9 Å². The number of phenols is 1.